The van der Waals surface area contributed by atoms with Crippen molar-refractivity contribution in [1.29, 1.82) is 0 Å². The molecule has 0 amide bonds. The molecule has 1 aliphatic heterocycles. The van der Waals surface area contributed by atoms with Crippen LogP contribution < -0.4 is 10.6 Å². The van der Waals surface area contributed by atoms with Gasteiger partial charge in [-0.15, -0.1) is 0 Å². The number of hydrogen-bond donors (Lipinski definition) is 2. The SMILES string of the molecule is CCCCC1NC(C)C(CCCC)NC1C. The first-order valence-electron chi connectivity index (χ1n) is 7.21. The number of hydrogen-bond acceptors (Lipinski definition) is 2. The van der Waals surface area contributed by atoms with Gasteiger partial charge in [-0.2, -0.15) is 0 Å². The molecular weight excluding hydrogens is 196 g/mol. The minimum Gasteiger partial charge on any atom is -0.308 e. The molecule has 96 valence electrons. The highest BCUT2D eigenvalue weighted by molar-refractivity contribution is 4.93. The smallest absolute Gasteiger partial charge is 0.0221 e. The summed E-state index contributed by atoms with van der Waals surface area (Å²) in [6, 6.07) is 2.61. The molecule has 0 aliphatic carbocycles. The zero-order valence-electron chi connectivity index (χ0n) is 11.6. The molecule has 4 atom stereocenters. The van der Waals surface area contributed by atoms with Gasteiger partial charge in [-0.05, 0) is 26.7 Å². The van der Waals surface area contributed by atoms with Gasteiger partial charge in [0.25, 0.3) is 0 Å². The fourth-order valence-corrected chi connectivity index (χ4v) is 2.71. The maximum Gasteiger partial charge on any atom is 0.0221 e. The standard InChI is InChI=1S/C14H30N2/c1-5-7-9-13-11(3)16-14(10-8-6-2)12(4)15-13/h11-16H,5-10H2,1-4H3. The van der Waals surface area contributed by atoms with Crippen LogP contribution in [0.2, 0.25) is 0 Å². The largest absolute Gasteiger partial charge is 0.308 e. The fourth-order valence-electron chi connectivity index (χ4n) is 2.71. The van der Waals surface area contributed by atoms with Crippen molar-refractivity contribution in [3.8, 4) is 0 Å². The van der Waals surface area contributed by atoms with Gasteiger partial charge in [-0.3, -0.25) is 0 Å². The Bertz CT molecular complexity index is 162. The summed E-state index contributed by atoms with van der Waals surface area (Å²) in [6.45, 7) is 9.21. The molecule has 2 N–H and O–H groups in total. The van der Waals surface area contributed by atoms with Crippen molar-refractivity contribution in [2.24, 2.45) is 0 Å². The molecule has 1 heterocycles. The molecule has 0 spiro atoms. The van der Waals surface area contributed by atoms with Crippen molar-refractivity contribution in [3.05, 3.63) is 0 Å². The van der Waals surface area contributed by atoms with Crippen LogP contribution in [0.25, 0.3) is 0 Å². The van der Waals surface area contributed by atoms with Crippen molar-refractivity contribution in [2.75, 3.05) is 0 Å². The molecule has 2 heteroatoms. The quantitative estimate of drug-likeness (QED) is 0.727. The number of rotatable bonds is 6. The Morgan fingerprint density at radius 1 is 0.750 bits per heavy atom. The van der Waals surface area contributed by atoms with E-state index in [2.05, 4.69) is 38.3 Å². The van der Waals surface area contributed by atoms with Gasteiger partial charge in [-0.25, -0.2) is 0 Å². The number of unbranched alkanes of at least 4 members (excludes halogenated alkanes) is 2. The molecule has 2 nitrogen and oxygen atoms in total. The Hall–Kier alpha value is -0.0800. The van der Waals surface area contributed by atoms with E-state index >= 15 is 0 Å². The van der Waals surface area contributed by atoms with Gasteiger partial charge in [0.2, 0.25) is 0 Å². The minimum absolute atomic E-state index is 0.629. The van der Waals surface area contributed by atoms with E-state index in [9.17, 15) is 0 Å². The fraction of sp³-hybridized carbons (Fsp3) is 1.00. The van der Waals surface area contributed by atoms with Crippen LogP contribution in [0, 0.1) is 0 Å². The first kappa shape index (κ1) is 14.0. The Morgan fingerprint density at radius 3 is 1.44 bits per heavy atom. The molecule has 0 radical (unpaired) electrons. The second-order valence-electron chi connectivity index (χ2n) is 5.41. The van der Waals surface area contributed by atoms with Crippen molar-refractivity contribution in [1.82, 2.24) is 10.6 Å². The summed E-state index contributed by atoms with van der Waals surface area (Å²) in [5.41, 5.74) is 0. The lowest BCUT2D eigenvalue weighted by molar-refractivity contribution is 0.207. The summed E-state index contributed by atoms with van der Waals surface area (Å²) in [6.07, 6.45) is 7.92. The molecular formula is C14H30N2. The highest BCUT2D eigenvalue weighted by Crippen LogP contribution is 2.16. The maximum atomic E-state index is 3.80. The minimum atomic E-state index is 0.629. The van der Waals surface area contributed by atoms with Gasteiger partial charge in [-0.1, -0.05) is 39.5 Å². The van der Waals surface area contributed by atoms with Gasteiger partial charge < -0.3 is 10.6 Å². The lowest BCUT2D eigenvalue weighted by atomic mass is 9.92. The second-order valence-corrected chi connectivity index (χ2v) is 5.41. The molecule has 0 aromatic rings. The van der Waals surface area contributed by atoms with E-state index in [1.54, 1.807) is 0 Å². The molecule has 1 rings (SSSR count). The van der Waals surface area contributed by atoms with E-state index in [-0.39, 0.29) is 0 Å². The molecule has 0 bridgehead atoms. The molecule has 1 fully saturated rings. The summed E-state index contributed by atoms with van der Waals surface area (Å²) >= 11 is 0. The van der Waals surface area contributed by atoms with Crippen LogP contribution in [0.1, 0.15) is 66.2 Å². The first-order valence-corrected chi connectivity index (χ1v) is 7.21. The normalized spacial score (nSPS) is 35.2. The number of nitrogens with one attached hydrogen (secondary N) is 2. The highest BCUT2D eigenvalue weighted by Gasteiger charge is 2.30. The van der Waals surface area contributed by atoms with E-state index in [1.807, 2.05) is 0 Å². The molecule has 1 aliphatic rings. The Labute approximate surface area is 102 Å². The van der Waals surface area contributed by atoms with Crippen LogP contribution in [0.15, 0.2) is 0 Å². The van der Waals surface area contributed by atoms with Crippen molar-refractivity contribution < 1.29 is 0 Å². The Kier molecular flexibility index (Phi) is 6.37. The summed E-state index contributed by atoms with van der Waals surface area (Å²) in [7, 11) is 0. The third-order valence-electron chi connectivity index (χ3n) is 3.90. The lowest BCUT2D eigenvalue weighted by Gasteiger charge is -2.41. The summed E-state index contributed by atoms with van der Waals surface area (Å²) in [5.74, 6) is 0. The van der Waals surface area contributed by atoms with Crippen LogP contribution >= 0.6 is 0 Å². The first-order chi connectivity index (χ1) is 7.69. The highest BCUT2D eigenvalue weighted by atomic mass is 15.1. The molecule has 0 aromatic carbocycles. The third-order valence-corrected chi connectivity index (χ3v) is 3.90. The summed E-state index contributed by atoms with van der Waals surface area (Å²) in [4.78, 5) is 0. The van der Waals surface area contributed by atoms with E-state index in [4.69, 9.17) is 0 Å². The summed E-state index contributed by atoms with van der Waals surface area (Å²) in [5, 5.41) is 7.59. The van der Waals surface area contributed by atoms with Crippen LogP contribution in [0.4, 0.5) is 0 Å². The topological polar surface area (TPSA) is 24.1 Å². The zero-order valence-corrected chi connectivity index (χ0v) is 11.6. The van der Waals surface area contributed by atoms with Gasteiger partial charge in [0.1, 0.15) is 0 Å². The van der Waals surface area contributed by atoms with E-state index in [0.29, 0.717) is 24.2 Å². The molecule has 0 saturated carbocycles. The third kappa shape index (κ3) is 4.06. The number of piperazine rings is 1. The van der Waals surface area contributed by atoms with Crippen LogP contribution in [-0.4, -0.2) is 24.2 Å². The molecule has 0 aromatic heterocycles. The van der Waals surface area contributed by atoms with Crippen molar-refractivity contribution in [3.63, 3.8) is 0 Å². The van der Waals surface area contributed by atoms with Crippen molar-refractivity contribution in [2.45, 2.75) is 90.4 Å². The molecule has 16 heavy (non-hydrogen) atoms. The monoisotopic (exact) mass is 226 g/mol. The van der Waals surface area contributed by atoms with Crippen molar-refractivity contribution >= 4 is 0 Å². The maximum absolute atomic E-state index is 3.80. The molecule has 1 saturated heterocycles. The summed E-state index contributed by atoms with van der Waals surface area (Å²) < 4.78 is 0. The van der Waals surface area contributed by atoms with Gasteiger partial charge in [0.15, 0.2) is 0 Å². The van der Waals surface area contributed by atoms with Gasteiger partial charge in [0.05, 0.1) is 0 Å². The second kappa shape index (κ2) is 7.29. The lowest BCUT2D eigenvalue weighted by Crippen LogP contribution is -2.63. The average Bonchev–Trinajstić information content (AvgIpc) is 2.28. The van der Waals surface area contributed by atoms with Crippen LogP contribution in [0.5, 0.6) is 0 Å². The zero-order chi connectivity index (χ0) is 12.0. The Balaban J connectivity index is 2.36. The van der Waals surface area contributed by atoms with Gasteiger partial charge >= 0.3 is 0 Å². The molecule has 4 unspecified atom stereocenters. The predicted octanol–water partition coefficient (Wildman–Crippen LogP) is 3.07. The van der Waals surface area contributed by atoms with E-state index < -0.39 is 0 Å². The van der Waals surface area contributed by atoms with Gasteiger partial charge in [0, 0.05) is 24.2 Å². The Morgan fingerprint density at radius 2 is 1.12 bits per heavy atom. The van der Waals surface area contributed by atoms with E-state index in [0.717, 1.165) is 0 Å². The average molecular weight is 226 g/mol. The van der Waals surface area contributed by atoms with Crippen LogP contribution in [0.3, 0.4) is 0 Å². The predicted molar refractivity (Wildman–Crippen MR) is 71.8 cm³/mol. The van der Waals surface area contributed by atoms with Crippen LogP contribution in [-0.2, 0) is 0 Å². The van der Waals surface area contributed by atoms with E-state index in [1.165, 1.54) is 38.5 Å².